The van der Waals surface area contributed by atoms with Crippen molar-refractivity contribution in [1.29, 1.82) is 0 Å². The van der Waals surface area contributed by atoms with Gasteiger partial charge in [0.1, 0.15) is 0 Å². The smallest absolute Gasteiger partial charge is 0.0473 e. The third-order valence-electron chi connectivity index (χ3n) is 1.03. The van der Waals surface area contributed by atoms with E-state index in [-0.39, 0.29) is 7.43 Å². The Balaban J connectivity index is -0.000000143. The van der Waals surface area contributed by atoms with Gasteiger partial charge in [0.15, 0.2) is 0 Å². The fourth-order valence-electron chi connectivity index (χ4n) is 0.289. The molecule has 0 radical (unpaired) electrons. The molecule has 0 atom stereocenters. The summed E-state index contributed by atoms with van der Waals surface area (Å²) in [6.45, 7) is 4.14. The molecule has 0 bridgehead atoms. The van der Waals surface area contributed by atoms with Crippen LogP contribution in [0.4, 0.5) is 0 Å². The molecule has 0 aliphatic heterocycles. The van der Waals surface area contributed by atoms with Crippen molar-refractivity contribution in [3.63, 3.8) is 0 Å². The number of thiocarbonyl (C=S) groups is 2. The number of hydrogen-bond donors (Lipinski definition) is 0. The molecule has 0 rings (SSSR count). The van der Waals surface area contributed by atoms with Crippen LogP contribution in [0, 0.1) is 0 Å². The van der Waals surface area contributed by atoms with Gasteiger partial charge in [-0.3, -0.25) is 0 Å². The first-order valence-electron chi connectivity index (χ1n) is 3.75. The molecule has 0 aromatic heterocycles. The number of hydrogen-bond acceptors (Lipinski definition) is 4. The highest BCUT2D eigenvalue weighted by atomic mass is 32.2. The topological polar surface area (TPSA) is 0 Å². The Morgan fingerprint density at radius 2 is 1.15 bits per heavy atom. The van der Waals surface area contributed by atoms with Crippen LogP contribution in [0.2, 0.25) is 0 Å². The molecule has 13 heavy (non-hydrogen) atoms. The molecule has 0 amide bonds. The van der Waals surface area contributed by atoms with Gasteiger partial charge < -0.3 is 0 Å². The van der Waals surface area contributed by atoms with Gasteiger partial charge in [0.2, 0.25) is 0 Å². The maximum absolute atomic E-state index is 4.82. The van der Waals surface area contributed by atoms with Gasteiger partial charge in [-0.05, 0) is 25.4 Å². The van der Waals surface area contributed by atoms with E-state index in [0.29, 0.717) is 0 Å². The lowest BCUT2D eigenvalue weighted by molar-refractivity contribution is 1.35. The maximum Gasteiger partial charge on any atom is 0.0473 e. The third-order valence-corrected chi connectivity index (χ3v) is 4.10. The maximum atomic E-state index is 4.82. The van der Waals surface area contributed by atoms with Crippen molar-refractivity contribution in [2.75, 3.05) is 12.5 Å². The van der Waals surface area contributed by atoms with Crippen molar-refractivity contribution < 1.29 is 0 Å². The lowest BCUT2D eigenvalue weighted by Crippen LogP contribution is -1.77. The average Bonchev–Trinajstić information content (AvgIpc) is 2.16. The zero-order valence-electron chi connectivity index (χ0n) is 8.05. The highest BCUT2D eigenvalue weighted by molar-refractivity contribution is 8.23. The van der Waals surface area contributed by atoms with E-state index in [0.717, 1.165) is 21.2 Å². The standard InChI is InChI=1S/2C4H8S2.CH4/c2*1-3-4(5)6-2;/h2*3H2,1-2H3;1H4. The largest absolute Gasteiger partial charge is 0.122 e. The average molecular weight is 257 g/mol. The molecule has 80 valence electrons. The van der Waals surface area contributed by atoms with E-state index in [1.807, 2.05) is 12.5 Å². The predicted octanol–water partition coefficient (Wildman–Crippen LogP) is 4.81. The van der Waals surface area contributed by atoms with E-state index in [1.54, 1.807) is 23.5 Å². The molecule has 0 spiro atoms. The summed E-state index contributed by atoms with van der Waals surface area (Å²) in [6, 6.07) is 0. The first kappa shape index (κ1) is 19.5. The van der Waals surface area contributed by atoms with Crippen molar-refractivity contribution in [2.45, 2.75) is 34.1 Å². The van der Waals surface area contributed by atoms with Crippen molar-refractivity contribution in [2.24, 2.45) is 0 Å². The Morgan fingerprint density at radius 3 is 1.15 bits per heavy atom. The van der Waals surface area contributed by atoms with Crippen LogP contribution in [0.15, 0.2) is 0 Å². The van der Waals surface area contributed by atoms with Crippen molar-refractivity contribution in [1.82, 2.24) is 0 Å². The molecule has 0 fully saturated rings. The summed E-state index contributed by atoms with van der Waals surface area (Å²) < 4.78 is 2.19. The second-order valence-electron chi connectivity index (χ2n) is 1.86. The molecular weight excluding hydrogens is 236 g/mol. The summed E-state index contributed by atoms with van der Waals surface area (Å²) in [7, 11) is 0. The number of thioether (sulfide) groups is 2. The summed E-state index contributed by atoms with van der Waals surface area (Å²) >= 11 is 13.0. The van der Waals surface area contributed by atoms with Crippen LogP contribution in [0.3, 0.4) is 0 Å². The van der Waals surface area contributed by atoms with Crippen LogP contribution in [0.25, 0.3) is 0 Å². The van der Waals surface area contributed by atoms with E-state index < -0.39 is 0 Å². The van der Waals surface area contributed by atoms with Gasteiger partial charge in [0.25, 0.3) is 0 Å². The van der Waals surface area contributed by atoms with Crippen LogP contribution in [-0.4, -0.2) is 20.9 Å². The van der Waals surface area contributed by atoms with Gasteiger partial charge in [-0.25, -0.2) is 0 Å². The van der Waals surface area contributed by atoms with E-state index in [1.165, 1.54) is 0 Å². The van der Waals surface area contributed by atoms with Gasteiger partial charge in [-0.15, -0.1) is 23.5 Å². The van der Waals surface area contributed by atoms with E-state index in [2.05, 4.69) is 13.8 Å². The first-order chi connectivity index (χ1) is 5.62. The second-order valence-corrected chi connectivity index (χ2v) is 5.16. The molecule has 0 aliphatic rings. The van der Waals surface area contributed by atoms with Gasteiger partial charge >= 0.3 is 0 Å². The second kappa shape index (κ2) is 15.4. The van der Waals surface area contributed by atoms with Crippen LogP contribution >= 0.6 is 48.0 Å². The van der Waals surface area contributed by atoms with Crippen LogP contribution < -0.4 is 0 Å². The Morgan fingerprint density at radius 1 is 0.923 bits per heavy atom. The quantitative estimate of drug-likeness (QED) is 0.650. The highest BCUT2D eigenvalue weighted by Gasteiger charge is 1.82. The lowest BCUT2D eigenvalue weighted by atomic mass is 10.6. The van der Waals surface area contributed by atoms with Crippen LogP contribution in [0.1, 0.15) is 34.1 Å². The molecule has 0 saturated heterocycles. The van der Waals surface area contributed by atoms with Crippen LogP contribution in [0.5, 0.6) is 0 Å². The Kier molecular flexibility index (Phi) is 23.0. The first-order valence-corrected chi connectivity index (χ1v) is 7.02. The van der Waals surface area contributed by atoms with Gasteiger partial charge in [0.05, 0.1) is 0 Å². The molecule has 0 saturated carbocycles. The van der Waals surface area contributed by atoms with Crippen molar-refractivity contribution in [3.8, 4) is 0 Å². The summed E-state index contributed by atoms with van der Waals surface area (Å²) in [5.74, 6) is 0. The van der Waals surface area contributed by atoms with E-state index >= 15 is 0 Å². The number of rotatable bonds is 2. The molecule has 0 heterocycles. The lowest BCUT2D eigenvalue weighted by Gasteiger charge is -1.85. The summed E-state index contributed by atoms with van der Waals surface area (Å²) in [6.07, 6.45) is 6.06. The predicted molar refractivity (Wildman–Crippen MR) is 79.5 cm³/mol. The van der Waals surface area contributed by atoms with Gasteiger partial charge in [-0.2, -0.15) is 0 Å². The van der Waals surface area contributed by atoms with Crippen LogP contribution in [-0.2, 0) is 0 Å². The zero-order chi connectivity index (χ0) is 9.98. The zero-order valence-corrected chi connectivity index (χ0v) is 11.3. The fourth-order valence-corrected chi connectivity index (χ4v) is 0.866. The third kappa shape index (κ3) is 19.3. The Labute approximate surface area is 103 Å². The molecule has 0 nitrogen and oxygen atoms in total. The molecule has 0 aromatic carbocycles. The molecule has 0 aromatic rings. The summed E-state index contributed by atoms with van der Waals surface area (Å²) in [4.78, 5) is 0. The fraction of sp³-hybridized carbons (Fsp3) is 0.778. The SMILES string of the molecule is C.CCC(=S)SC.CCC(=S)SC. The minimum atomic E-state index is 0. The van der Waals surface area contributed by atoms with Crippen molar-refractivity contribution in [3.05, 3.63) is 0 Å². The minimum absolute atomic E-state index is 0. The minimum Gasteiger partial charge on any atom is -0.122 e. The normalized spacial score (nSPS) is 7.69. The monoisotopic (exact) mass is 256 g/mol. The van der Waals surface area contributed by atoms with E-state index in [4.69, 9.17) is 24.4 Å². The van der Waals surface area contributed by atoms with Gasteiger partial charge in [-0.1, -0.05) is 45.7 Å². The summed E-state index contributed by atoms with van der Waals surface area (Å²) in [5.41, 5.74) is 0. The molecule has 4 heteroatoms. The van der Waals surface area contributed by atoms with E-state index in [9.17, 15) is 0 Å². The molecule has 0 aliphatic carbocycles. The van der Waals surface area contributed by atoms with Crippen molar-refractivity contribution >= 4 is 56.4 Å². The summed E-state index contributed by atoms with van der Waals surface area (Å²) in [5, 5.41) is 0. The Bertz CT molecular complexity index is 104. The molecule has 0 unspecified atom stereocenters. The Hall–Kier alpha value is 0.880. The van der Waals surface area contributed by atoms with Gasteiger partial charge in [0, 0.05) is 8.39 Å². The molecule has 0 N–H and O–H groups in total. The molecular formula is C9H20S4. The highest BCUT2D eigenvalue weighted by Crippen LogP contribution is 2.00.